The maximum atomic E-state index is 12.4. The van der Waals surface area contributed by atoms with Gasteiger partial charge in [-0.2, -0.15) is 0 Å². The average Bonchev–Trinajstić information content (AvgIpc) is 3.18. The maximum absolute atomic E-state index is 12.4. The third-order valence-electron chi connectivity index (χ3n) is 4.36. The van der Waals surface area contributed by atoms with Crippen molar-refractivity contribution in [3.8, 4) is 17.0 Å². The van der Waals surface area contributed by atoms with Gasteiger partial charge in [0.25, 0.3) is 5.56 Å². The SMILES string of the molecule is COc1cccc(COC(=O)c2cc3nc(-c4ccccc4)cc(=O)n3[nH]2)c1Cl. The molecule has 8 heteroatoms. The van der Waals surface area contributed by atoms with E-state index < -0.39 is 5.97 Å². The zero-order valence-electron chi connectivity index (χ0n) is 15.4. The highest BCUT2D eigenvalue weighted by molar-refractivity contribution is 6.32. The normalized spacial score (nSPS) is 10.8. The number of methoxy groups -OCH3 is 1. The van der Waals surface area contributed by atoms with Crippen LogP contribution in [0.15, 0.2) is 65.5 Å². The van der Waals surface area contributed by atoms with Crippen molar-refractivity contribution in [3.05, 3.63) is 87.3 Å². The molecule has 2 aromatic heterocycles. The highest BCUT2D eigenvalue weighted by Gasteiger charge is 2.15. The number of benzene rings is 2. The van der Waals surface area contributed by atoms with E-state index in [9.17, 15) is 9.59 Å². The van der Waals surface area contributed by atoms with Gasteiger partial charge in [-0.15, -0.1) is 0 Å². The van der Waals surface area contributed by atoms with Gasteiger partial charge in [0.05, 0.1) is 17.8 Å². The van der Waals surface area contributed by atoms with E-state index in [1.807, 2.05) is 30.3 Å². The Morgan fingerprint density at radius 2 is 1.93 bits per heavy atom. The van der Waals surface area contributed by atoms with Crippen molar-refractivity contribution < 1.29 is 14.3 Å². The number of H-pyrrole nitrogens is 1. The van der Waals surface area contributed by atoms with Crippen LogP contribution >= 0.6 is 11.6 Å². The van der Waals surface area contributed by atoms with Crippen LogP contribution in [0.25, 0.3) is 16.9 Å². The minimum Gasteiger partial charge on any atom is -0.495 e. The summed E-state index contributed by atoms with van der Waals surface area (Å²) in [5.41, 5.74) is 2.05. The molecule has 7 nitrogen and oxygen atoms in total. The van der Waals surface area contributed by atoms with Crippen molar-refractivity contribution in [3.63, 3.8) is 0 Å². The molecular weight excluding hydrogens is 394 g/mol. The van der Waals surface area contributed by atoms with Gasteiger partial charge in [0, 0.05) is 23.3 Å². The quantitative estimate of drug-likeness (QED) is 0.508. The second-order valence-corrected chi connectivity index (χ2v) is 6.60. The number of aromatic nitrogens is 3. The zero-order chi connectivity index (χ0) is 20.4. The Labute approximate surface area is 170 Å². The molecule has 0 aliphatic rings. The van der Waals surface area contributed by atoms with E-state index in [4.69, 9.17) is 21.1 Å². The molecule has 0 aliphatic heterocycles. The number of ether oxygens (including phenoxy) is 2. The molecule has 0 amide bonds. The Bertz CT molecular complexity index is 1250. The number of halogens is 1. The van der Waals surface area contributed by atoms with Gasteiger partial charge in [0.2, 0.25) is 0 Å². The van der Waals surface area contributed by atoms with Crippen molar-refractivity contribution >= 4 is 23.2 Å². The monoisotopic (exact) mass is 409 g/mol. The van der Waals surface area contributed by atoms with Crippen LogP contribution in [0.5, 0.6) is 5.75 Å². The zero-order valence-corrected chi connectivity index (χ0v) is 16.1. The molecule has 0 bridgehead atoms. The summed E-state index contributed by atoms with van der Waals surface area (Å²) in [6.45, 7) is -0.0399. The van der Waals surface area contributed by atoms with E-state index >= 15 is 0 Å². The molecule has 0 radical (unpaired) electrons. The van der Waals surface area contributed by atoms with Crippen LogP contribution in [0.2, 0.25) is 5.02 Å². The van der Waals surface area contributed by atoms with Crippen LogP contribution < -0.4 is 10.3 Å². The predicted octanol–water partition coefficient (Wildman–Crippen LogP) is 3.71. The van der Waals surface area contributed by atoms with Crippen LogP contribution in [0.4, 0.5) is 0 Å². The molecule has 146 valence electrons. The second-order valence-electron chi connectivity index (χ2n) is 6.22. The largest absolute Gasteiger partial charge is 0.495 e. The molecule has 0 aliphatic carbocycles. The molecule has 4 rings (SSSR count). The summed E-state index contributed by atoms with van der Waals surface area (Å²) in [4.78, 5) is 29.3. The first-order valence-corrected chi connectivity index (χ1v) is 9.11. The standard InChI is InChI=1S/C21H16ClN3O4/c1-28-17-9-5-8-14(20(17)22)12-29-21(27)16-10-18-23-15(11-19(26)25(18)24-16)13-6-3-2-4-7-13/h2-11,24H,12H2,1H3. The number of hydrogen-bond acceptors (Lipinski definition) is 5. The lowest BCUT2D eigenvalue weighted by Crippen LogP contribution is -2.15. The van der Waals surface area contributed by atoms with Gasteiger partial charge in [-0.05, 0) is 6.07 Å². The highest BCUT2D eigenvalue weighted by Crippen LogP contribution is 2.28. The summed E-state index contributed by atoms with van der Waals surface area (Å²) in [5.74, 6) is -0.134. The third-order valence-corrected chi connectivity index (χ3v) is 4.79. The Balaban J connectivity index is 1.59. The number of fused-ring (bicyclic) bond motifs is 1. The average molecular weight is 410 g/mol. The van der Waals surface area contributed by atoms with E-state index in [1.54, 1.807) is 18.2 Å². The number of esters is 1. The van der Waals surface area contributed by atoms with Gasteiger partial charge < -0.3 is 9.47 Å². The summed E-state index contributed by atoms with van der Waals surface area (Å²) >= 11 is 6.22. The fraction of sp³-hybridized carbons (Fsp3) is 0.0952. The predicted molar refractivity (Wildman–Crippen MR) is 108 cm³/mol. The molecule has 0 saturated heterocycles. The first kappa shape index (κ1) is 18.8. The molecule has 2 heterocycles. The van der Waals surface area contributed by atoms with Gasteiger partial charge in [-0.1, -0.05) is 54.1 Å². The van der Waals surface area contributed by atoms with Gasteiger partial charge in [0.15, 0.2) is 5.65 Å². The molecule has 0 fully saturated rings. The lowest BCUT2D eigenvalue weighted by molar-refractivity contribution is 0.0465. The Morgan fingerprint density at radius 1 is 1.14 bits per heavy atom. The van der Waals surface area contributed by atoms with Gasteiger partial charge >= 0.3 is 5.97 Å². The fourth-order valence-corrected chi connectivity index (χ4v) is 3.16. The fourth-order valence-electron chi connectivity index (χ4n) is 2.90. The van der Waals surface area contributed by atoms with E-state index in [1.165, 1.54) is 23.8 Å². The van der Waals surface area contributed by atoms with Crippen LogP contribution in [0.3, 0.4) is 0 Å². The Hall–Kier alpha value is -3.58. The first-order valence-electron chi connectivity index (χ1n) is 8.73. The van der Waals surface area contributed by atoms with E-state index in [-0.39, 0.29) is 17.9 Å². The van der Waals surface area contributed by atoms with E-state index in [0.29, 0.717) is 27.7 Å². The van der Waals surface area contributed by atoms with E-state index in [0.717, 1.165) is 5.56 Å². The van der Waals surface area contributed by atoms with Crippen molar-refractivity contribution in [2.45, 2.75) is 6.61 Å². The molecule has 1 N–H and O–H groups in total. The second kappa shape index (κ2) is 7.81. The summed E-state index contributed by atoms with van der Waals surface area (Å²) in [5, 5.41) is 3.10. The van der Waals surface area contributed by atoms with Gasteiger partial charge in [0.1, 0.15) is 18.1 Å². The third kappa shape index (κ3) is 3.72. The molecule has 0 unspecified atom stereocenters. The molecule has 0 saturated carbocycles. The Morgan fingerprint density at radius 3 is 2.69 bits per heavy atom. The van der Waals surface area contributed by atoms with Gasteiger partial charge in [-0.3, -0.25) is 9.89 Å². The maximum Gasteiger partial charge on any atom is 0.356 e. The lowest BCUT2D eigenvalue weighted by atomic mass is 10.1. The van der Waals surface area contributed by atoms with Crippen molar-refractivity contribution in [1.29, 1.82) is 0 Å². The smallest absolute Gasteiger partial charge is 0.356 e. The highest BCUT2D eigenvalue weighted by atomic mass is 35.5. The van der Waals surface area contributed by atoms with Crippen molar-refractivity contribution in [1.82, 2.24) is 14.6 Å². The van der Waals surface area contributed by atoms with E-state index in [2.05, 4.69) is 10.1 Å². The van der Waals surface area contributed by atoms with Crippen molar-refractivity contribution in [2.75, 3.05) is 7.11 Å². The molecule has 4 aromatic rings. The molecule has 0 spiro atoms. The van der Waals surface area contributed by atoms with Crippen LogP contribution in [-0.2, 0) is 11.3 Å². The minimum absolute atomic E-state index is 0.0399. The number of nitrogens with zero attached hydrogens (tertiary/aromatic N) is 2. The summed E-state index contributed by atoms with van der Waals surface area (Å²) in [6, 6.07) is 17.4. The molecular formula is C21H16ClN3O4. The van der Waals surface area contributed by atoms with Gasteiger partial charge in [-0.25, -0.2) is 14.3 Å². The number of aromatic amines is 1. The lowest BCUT2D eigenvalue weighted by Gasteiger charge is -2.08. The number of carbonyl (C=O) groups excluding carboxylic acids is 1. The topological polar surface area (TPSA) is 85.7 Å². The molecule has 2 aromatic carbocycles. The minimum atomic E-state index is -0.630. The number of carbonyl (C=O) groups is 1. The summed E-state index contributed by atoms with van der Waals surface area (Å²) < 4.78 is 11.7. The Kier molecular flexibility index (Phi) is 5.05. The summed E-state index contributed by atoms with van der Waals surface area (Å²) in [7, 11) is 1.51. The number of rotatable bonds is 5. The molecule has 0 atom stereocenters. The summed E-state index contributed by atoms with van der Waals surface area (Å²) in [6.07, 6.45) is 0. The van der Waals surface area contributed by atoms with Crippen LogP contribution in [0.1, 0.15) is 16.1 Å². The van der Waals surface area contributed by atoms with Crippen molar-refractivity contribution in [2.24, 2.45) is 0 Å². The number of hydrogen-bond donors (Lipinski definition) is 1. The first-order chi connectivity index (χ1) is 14.1. The number of nitrogens with one attached hydrogen (secondary N) is 1. The molecule has 29 heavy (non-hydrogen) atoms. The van der Waals surface area contributed by atoms with Crippen LogP contribution in [-0.4, -0.2) is 27.7 Å². The van der Waals surface area contributed by atoms with Crippen LogP contribution in [0, 0.1) is 0 Å².